The second-order valence-corrected chi connectivity index (χ2v) is 7.76. The van der Waals surface area contributed by atoms with Gasteiger partial charge in [0.15, 0.2) is 23.2 Å². The minimum atomic E-state index is -4.25. The van der Waals surface area contributed by atoms with Gasteiger partial charge in [-0.25, -0.2) is 19.5 Å². The Hall–Kier alpha value is -1.86. The van der Waals surface area contributed by atoms with Gasteiger partial charge in [-0.3, -0.25) is 13.6 Å². The predicted molar refractivity (Wildman–Crippen MR) is 90.5 cm³/mol. The fourth-order valence-corrected chi connectivity index (χ4v) is 4.04. The van der Waals surface area contributed by atoms with Crippen LogP contribution in [0.25, 0.3) is 11.2 Å². The average Bonchev–Trinajstić information content (AvgIpc) is 3.11. The van der Waals surface area contributed by atoms with Crippen molar-refractivity contribution in [2.24, 2.45) is 0 Å². The predicted octanol–water partition coefficient (Wildman–Crippen LogP) is -1.02. The normalized spacial score (nSPS) is 34.5. The first-order valence-corrected chi connectivity index (χ1v) is 9.66. The number of imidazole rings is 1. The molecule has 6 N–H and O–H groups in total. The number of phosphoric acid groups is 1. The van der Waals surface area contributed by atoms with Gasteiger partial charge in [0, 0.05) is 6.54 Å². The Bertz CT molecular complexity index is 907. The largest absolute Gasteiger partial charge is 0.472 e. The van der Waals surface area contributed by atoms with Gasteiger partial charge in [0.05, 0.1) is 12.7 Å². The van der Waals surface area contributed by atoms with Gasteiger partial charge in [-0.1, -0.05) is 0 Å². The molecule has 0 spiro atoms. The van der Waals surface area contributed by atoms with E-state index in [1.165, 1.54) is 10.9 Å². The highest BCUT2D eigenvalue weighted by atomic mass is 31.2. The Labute approximate surface area is 152 Å². The molecule has 2 unspecified atom stereocenters. The zero-order valence-corrected chi connectivity index (χ0v) is 15.1. The third-order valence-corrected chi connectivity index (χ3v) is 5.27. The molecule has 2 fully saturated rings. The summed E-state index contributed by atoms with van der Waals surface area (Å²) in [5, 5.41) is 23.2. The highest BCUT2D eigenvalue weighted by molar-refractivity contribution is 7.47. The van der Waals surface area contributed by atoms with Crippen molar-refractivity contribution in [2.75, 3.05) is 24.2 Å². The van der Waals surface area contributed by atoms with E-state index in [1.807, 2.05) is 0 Å². The van der Waals surface area contributed by atoms with Crippen molar-refractivity contribution in [3.63, 3.8) is 0 Å². The number of phosphoric ester groups is 1. The molecule has 0 radical (unpaired) electrons. The number of hydrogen-bond acceptors (Lipinski definition) is 11. The third kappa shape index (κ3) is 3.27. The van der Waals surface area contributed by atoms with Crippen LogP contribution in [0.4, 0.5) is 11.8 Å². The van der Waals surface area contributed by atoms with Crippen molar-refractivity contribution in [1.29, 1.82) is 0 Å². The third-order valence-electron chi connectivity index (χ3n) is 4.28. The molecule has 4 rings (SSSR count). The number of ether oxygens (including phenoxy) is 1. The van der Waals surface area contributed by atoms with Gasteiger partial charge in [0.1, 0.15) is 24.6 Å². The average molecular weight is 402 g/mol. The molecule has 148 valence electrons. The summed E-state index contributed by atoms with van der Waals surface area (Å²) in [5.74, 6) is 0.358. The molecule has 2 aromatic heterocycles. The topological polar surface area (TPSA) is 187 Å². The van der Waals surface area contributed by atoms with E-state index < -0.39 is 38.5 Å². The van der Waals surface area contributed by atoms with E-state index in [0.29, 0.717) is 0 Å². The van der Waals surface area contributed by atoms with Crippen LogP contribution in [0.15, 0.2) is 6.33 Å². The number of nitrogens with one attached hydrogen (secondary N) is 1. The van der Waals surface area contributed by atoms with Crippen LogP contribution in [0.3, 0.4) is 0 Å². The fraction of sp³-hybridized carbons (Fsp3) is 0.615. The SMILES string of the molecule is C[C@@H](O)CNc1nc2c(N)ncnc2n1[C@@H]1O[C@@H]2COP(=O)(O)O[C@H]2C1O. The molecule has 0 aliphatic carbocycles. The Morgan fingerprint density at radius 2 is 2.30 bits per heavy atom. The summed E-state index contributed by atoms with van der Waals surface area (Å²) in [6.07, 6.45) is -3.61. The number of nitrogens with zero attached hydrogens (tertiary/aromatic N) is 4. The van der Waals surface area contributed by atoms with Gasteiger partial charge in [-0.2, -0.15) is 0 Å². The molecular formula is C13H19N6O7P. The smallest absolute Gasteiger partial charge is 0.392 e. The first-order valence-electron chi connectivity index (χ1n) is 8.16. The van der Waals surface area contributed by atoms with E-state index >= 15 is 0 Å². The Kier molecular flexibility index (Phi) is 4.55. The molecule has 2 aromatic rings. The minimum absolute atomic E-state index is 0.128. The van der Waals surface area contributed by atoms with Crippen LogP contribution in [0.1, 0.15) is 13.2 Å². The van der Waals surface area contributed by atoms with Crippen LogP contribution in [0.2, 0.25) is 0 Å². The number of nitrogen functional groups attached to an aromatic ring is 1. The molecule has 4 heterocycles. The number of fused-ring (bicyclic) bond motifs is 2. The van der Waals surface area contributed by atoms with Crippen LogP contribution in [-0.2, 0) is 18.3 Å². The molecule has 0 bridgehead atoms. The molecule has 6 atom stereocenters. The summed E-state index contributed by atoms with van der Waals surface area (Å²) < 4.78 is 28.6. The second kappa shape index (κ2) is 6.63. The Morgan fingerprint density at radius 3 is 3.04 bits per heavy atom. The summed E-state index contributed by atoms with van der Waals surface area (Å²) in [4.78, 5) is 21.9. The monoisotopic (exact) mass is 402 g/mol. The highest BCUT2D eigenvalue weighted by Crippen LogP contribution is 2.52. The van der Waals surface area contributed by atoms with Crippen LogP contribution in [0, 0.1) is 0 Å². The van der Waals surface area contributed by atoms with Crippen LogP contribution in [-0.4, -0.2) is 72.2 Å². The lowest BCUT2D eigenvalue weighted by molar-refractivity contribution is -0.0659. The van der Waals surface area contributed by atoms with E-state index in [1.54, 1.807) is 6.92 Å². The van der Waals surface area contributed by atoms with Gasteiger partial charge in [-0.15, -0.1) is 0 Å². The van der Waals surface area contributed by atoms with Gasteiger partial charge >= 0.3 is 7.82 Å². The summed E-state index contributed by atoms with van der Waals surface area (Å²) in [5.41, 5.74) is 6.42. The molecule has 27 heavy (non-hydrogen) atoms. The quantitative estimate of drug-likeness (QED) is 0.392. The number of rotatable bonds is 4. The van der Waals surface area contributed by atoms with E-state index in [9.17, 15) is 19.7 Å². The summed E-state index contributed by atoms with van der Waals surface area (Å²) in [6, 6.07) is 0. The number of aliphatic hydroxyl groups excluding tert-OH is 2. The first-order chi connectivity index (χ1) is 12.8. The molecule has 2 aliphatic heterocycles. The molecular weight excluding hydrogens is 383 g/mol. The van der Waals surface area contributed by atoms with E-state index in [2.05, 4.69) is 20.3 Å². The molecule has 2 aliphatic rings. The Balaban J connectivity index is 1.75. The number of anilines is 2. The zero-order valence-electron chi connectivity index (χ0n) is 14.2. The lowest BCUT2D eigenvalue weighted by Gasteiger charge is -2.27. The first kappa shape index (κ1) is 18.5. The van der Waals surface area contributed by atoms with Crippen molar-refractivity contribution < 1.29 is 33.5 Å². The van der Waals surface area contributed by atoms with Crippen molar-refractivity contribution in [3.8, 4) is 0 Å². The highest BCUT2D eigenvalue weighted by Gasteiger charge is 2.53. The van der Waals surface area contributed by atoms with Gasteiger partial charge in [-0.05, 0) is 6.92 Å². The van der Waals surface area contributed by atoms with Gasteiger partial charge < -0.3 is 30.9 Å². The summed E-state index contributed by atoms with van der Waals surface area (Å²) in [6.45, 7) is 1.54. The second-order valence-electron chi connectivity index (χ2n) is 6.36. The van der Waals surface area contributed by atoms with Crippen LogP contribution in [0.5, 0.6) is 0 Å². The number of aliphatic hydroxyl groups is 2. The maximum atomic E-state index is 11.7. The van der Waals surface area contributed by atoms with E-state index in [0.717, 1.165) is 0 Å². The van der Waals surface area contributed by atoms with Crippen molar-refractivity contribution in [3.05, 3.63) is 6.33 Å². The molecule has 14 heteroatoms. The van der Waals surface area contributed by atoms with Crippen molar-refractivity contribution in [1.82, 2.24) is 19.5 Å². The fourth-order valence-electron chi connectivity index (χ4n) is 3.08. The summed E-state index contributed by atoms with van der Waals surface area (Å²) >= 11 is 0. The zero-order chi connectivity index (χ0) is 19.3. The Morgan fingerprint density at radius 1 is 1.52 bits per heavy atom. The standard InChI is InChI=1S/C13H19N6O7P/c1-5(20)2-15-13-18-7-10(14)16-4-17-11(7)19(13)12-8(21)9-6(25-12)3-24-27(22,23)26-9/h4-6,8-9,12,20-21H,2-3H2,1H3,(H,15,18)(H,22,23)(H2,14,16,17)/t5-,6-,8?,9-,12-/m1/s1. The lowest BCUT2D eigenvalue weighted by atomic mass is 10.1. The van der Waals surface area contributed by atoms with Gasteiger partial charge in [0.25, 0.3) is 0 Å². The molecule has 0 saturated carbocycles. The van der Waals surface area contributed by atoms with Crippen molar-refractivity contribution >= 4 is 30.8 Å². The molecule has 13 nitrogen and oxygen atoms in total. The van der Waals surface area contributed by atoms with Crippen molar-refractivity contribution in [2.45, 2.75) is 37.6 Å². The summed E-state index contributed by atoms with van der Waals surface area (Å²) in [7, 11) is -4.25. The van der Waals surface area contributed by atoms with Gasteiger partial charge in [0.2, 0.25) is 5.95 Å². The minimum Gasteiger partial charge on any atom is -0.392 e. The number of hydrogen-bond donors (Lipinski definition) is 5. The van der Waals surface area contributed by atoms with Crippen LogP contribution < -0.4 is 11.1 Å². The van der Waals surface area contributed by atoms with Crippen LogP contribution >= 0.6 is 7.82 Å². The lowest BCUT2D eigenvalue weighted by Crippen LogP contribution is -2.39. The van der Waals surface area contributed by atoms with E-state index in [-0.39, 0.29) is 36.1 Å². The number of aromatic nitrogens is 4. The molecule has 0 aromatic carbocycles. The maximum absolute atomic E-state index is 11.7. The maximum Gasteiger partial charge on any atom is 0.472 e. The molecule has 0 amide bonds. The number of nitrogens with two attached hydrogens (primary N) is 1. The molecule has 2 saturated heterocycles. The van der Waals surface area contributed by atoms with E-state index in [4.69, 9.17) is 19.5 Å².